The highest BCUT2D eigenvalue weighted by molar-refractivity contribution is 6.27. The van der Waals surface area contributed by atoms with E-state index in [1.165, 1.54) is 14.2 Å². The van der Waals surface area contributed by atoms with E-state index < -0.39 is 0 Å². The molecule has 36 heavy (non-hydrogen) atoms. The predicted octanol–water partition coefficient (Wildman–Crippen LogP) is 3.30. The predicted molar refractivity (Wildman–Crippen MR) is 137 cm³/mol. The van der Waals surface area contributed by atoms with Gasteiger partial charge in [-0.1, -0.05) is 13.8 Å². The van der Waals surface area contributed by atoms with Crippen molar-refractivity contribution in [3.63, 3.8) is 0 Å². The zero-order chi connectivity index (χ0) is 26.0. The number of ketones is 1. The molecular weight excluding hydrogens is 464 g/mol. The summed E-state index contributed by atoms with van der Waals surface area (Å²) in [7, 11) is 4.94. The van der Waals surface area contributed by atoms with Crippen LogP contribution in [0, 0.1) is 0 Å². The number of ether oxygens (including phenoxy) is 4. The smallest absolute Gasteiger partial charge is 0.259 e. The van der Waals surface area contributed by atoms with Crippen molar-refractivity contribution in [1.29, 1.82) is 0 Å². The summed E-state index contributed by atoms with van der Waals surface area (Å²) >= 11 is 0. The number of carbonyl (C=O) groups excluding carboxylic acids is 1. The van der Waals surface area contributed by atoms with Crippen LogP contribution in [0.25, 0.3) is 22.0 Å². The van der Waals surface area contributed by atoms with Crippen molar-refractivity contribution >= 4 is 16.6 Å². The molecule has 1 N–H and O–H groups in total. The number of methoxy groups -OCH3 is 2. The summed E-state index contributed by atoms with van der Waals surface area (Å²) in [5.74, 6) is 1.76. The van der Waals surface area contributed by atoms with Gasteiger partial charge in [0.1, 0.15) is 0 Å². The van der Waals surface area contributed by atoms with E-state index in [9.17, 15) is 14.7 Å². The molecule has 0 bridgehead atoms. The van der Waals surface area contributed by atoms with Gasteiger partial charge in [0.2, 0.25) is 6.79 Å². The number of pyridine rings is 1. The summed E-state index contributed by atoms with van der Waals surface area (Å²) in [5.41, 5.74) is 1.96. The van der Waals surface area contributed by atoms with E-state index in [1.54, 1.807) is 28.8 Å². The van der Waals surface area contributed by atoms with Crippen LogP contribution in [-0.4, -0.2) is 68.1 Å². The summed E-state index contributed by atoms with van der Waals surface area (Å²) in [6.45, 7) is 5.80. The van der Waals surface area contributed by atoms with Crippen LogP contribution in [-0.2, 0) is 6.54 Å². The van der Waals surface area contributed by atoms with Crippen molar-refractivity contribution in [2.45, 2.75) is 26.8 Å². The van der Waals surface area contributed by atoms with Crippen molar-refractivity contribution in [1.82, 2.24) is 9.47 Å². The van der Waals surface area contributed by atoms with E-state index in [-0.39, 0.29) is 24.7 Å². The summed E-state index contributed by atoms with van der Waals surface area (Å²) in [5, 5.41) is 10.1. The van der Waals surface area contributed by atoms with E-state index in [1.807, 2.05) is 25.8 Å². The number of likely N-dealkylation sites (N-methyl/N-ethyl adjacent to an activating group) is 1. The maximum atomic E-state index is 13.8. The van der Waals surface area contributed by atoms with Gasteiger partial charge in [0.15, 0.2) is 28.8 Å². The minimum absolute atomic E-state index is 0.0680. The Kier molecular flexibility index (Phi) is 7.51. The first-order valence-corrected chi connectivity index (χ1v) is 12.1. The number of aliphatic hydroxyl groups is 1. The third-order valence-electron chi connectivity index (χ3n) is 6.42. The molecule has 0 radical (unpaired) electrons. The topological polar surface area (TPSA) is 99.5 Å². The number of hydrogen-bond donors (Lipinski definition) is 1. The summed E-state index contributed by atoms with van der Waals surface area (Å²) in [6.07, 6.45) is 0.662. The molecule has 0 amide bonds. The van der Waals surface area contributed by atoms with Crippen molar-refractivity contribution in [2.24, 2.45) is 0 Å². The third kappa shape index (κ3) is 4.18. The second kappa shape index (κ2) is 10.6. The average molecular weight is 497 g/mol. The van der Waals surface area contributed by atoms with Crippen LogP contribution in [0.1, 0.15) is 36.2 Å². The van der Waals surface area contributed by atoms with E-state index in [2.05, 4.69) is 0 Å². The lowest BCUT2D eigenvalue weighted by atomic mass is 10.0. The molecular formula is C27H32N2O7. The second-order valence-corrected chi connectivity index (χ2v) is 8.39. The largest absolute Gasteiger partial charge is 0.493 e. The molecule has 9 nitrogen and oxygen atoms in total. The Morgan fingerprint density at radius 2 is 1.56 bits per heavy atom. The highest BCUT2D eigenvalue weighted by Gasteiger charge is 2.35. The van der Waals surface area contributed by atoms with E-state index >= 15 is 0 Å². The van der Waals surface area contributed by atoms with Crippen LogP contribution in [0.5, 0.6) is 23.0 Å². The lowest BCUT2D eigenvalue weighted by Gasteiger charge is -2.19. The highest BCUT2D eigenvalue weighted by atomic mass is 16.7. The lowest BCUT2D eigenvalue weighted by Crippen LogP contribution is -2.27. The van der Waals surface area contributed by atoms with Gasteiger partial charge in [-0.25, -0.2) is 0 Å². The minimum Gasteiger partial charge on any atom is -0.493 e. The number of fused-ring (bicyclic) bond motifs is 6. The fraction of sp³-hybridized carbons (Fsp3) is 0.407. The van der Waals surface area contributed by atoms with Gasteiger partial charge in [-0.05, 0) is 44.3 Å². The third-order valence-corrected chi connectivity index (χ3v) is 6.42. The van der Waals surface area contributed by atoms with Gasteiger partial charge in [-0.15, -0.1) is 0 Å². The van der Waals surface area contributed by atoms with Gasteiger partial charge in [-0.2, -0.15) is 0 Å². The first-order chi connectivity index (χ1) is 17.5. The Balaban J connectivity index is 0.00000148. The number of hydrogen-bond acceptors (Lipinski definition) is 8. The number of aliphatic hydroxyl groups excluding tert-OH is 1. The number of carbonyl (C=O) groups is 1. The van der Waals surface area contributed by atoms with Crippen molar-refractivity contribution in [2.75, 3.05) is 47.8 Å². The monoisotopic (exact) mass is 496 g/mol. The Bertz CT molecular complexity index is 1360. The van der Waals surface area contributed by atoms with Crippen molar-refractivity contribution < 1.29 is 28.8 Å². The summed E-state index contributed by atoms with van der Waals surface area (Å²) in [4.78, 5) is 29.4. The fourth-order valence-electron chi connectivity index (χ4n) is 4.74. The highest BCUT2D eigenvalue weighted by Crippen LogP contribution is 2.46. The summed E-state index contributed by atoms with van der Waals surface area (Å²) in [6, 6.07) is 6.80. The molecule has 2 heterocycles. The normalized spacial score (nSPS) is 12.9. The molecule has 0 fully saturated rings. The lowest BCUT2D eigenvalue weighted by molar-refractivity contribution is 0.104. The van der Waals surface area contributed by atoms with Crippen LogP contribution < -0.4 is 24.5 Å². The zero-order valence-corrected chi connectivity index (χ0v) is 21.3. The van der Waals surface area contributed by atoms with Gasteiger partial charge < -0.3 is 33.5 Å². The molecule has 9 heteroatoms. The van der Waals surface area contributed by atoms with Gasteiger partial charge in [0.05, 0.1) is 37.5 Å². The second-order valence-electron chi connectivity index (χ2n) is 8.39. The molecule has 5 rings (SSSR count). The van der Waals surface area contributed by atoms with Crippen LogP contribution in [0.15, 0.2) is 29.1 Å². The van der Waals surface area contributed by atoms with Crippen LogP contribution in [0.4, 0.5) is 0 Å². The maximum Gasteiger partial charge on any atom is 0.259 e. The molecule has 1 aliphatic heterocycles. The first kappa shape index (κ1) is 25.5. The zero-order valence-electron chi connectivity index (χ0n) is 21.3. The Hall–Kier alpha value is -3.56. The Morgan fingerprint density at radius 1 is 0.944 bits per heavy atom. The van der Waals surface area contributed by atoms with Crippen LogP contribution >= 0.6 is 0 Å². The molecule has 1 aliphatic carbocycles. The molecule has 0 unspecified atom stereocenters. The quantitative estimate of drug-likeness (QED) is 0.397. The molecule has 0 atom stereocenters. The number of rotatable bonds is 8. The molecule has 0 saturated carbocycles. The van der Waals surface area contributed by atoms with Crippen LogP contribution in [0.3, 0.4) is 0 Å². The average Bonchev–Trinajstić information content (AvgIpc) is 3.47. The molecule has 1 aromatic heterocycles. The Labute approximate surface area is 209 Å². The Morgan fingerprint density at radius 3 is 2.17 bits per heavy atom. The molecule has 3 aromatic rings. The summed E-state index contributed by atoms with van der Waals surface area (Å²) < 4.78 is 23.6. The maximum absolute atomic E-state index is 13.8. The van der Waals surface area contributed by atoms with Crippen molar-refractivity contribution in [3.8, 4) is 34.3 Å². The van der Waals surface area contributed by atoms with Crippen molar-refractivity contribution in [3.05, 3.63) is 45.7 Å². The molecule has 192 valence electrons. The molecule has 0 saturated heterocycles. The SMILES string of the molecule is CC.COc1cc2c3c(n(CCCN(C)CCO)c(=O)c2cc1OC)-c1cc2c(cc1C3=O)OCO2. The van der Waals surface area contributed by atoms with Gasteiger partial charge in [0, 0.05) is 29.6 Å². The van der Waals surface area contributed by atoms with E-state index in [0.29, 0.717) is 82.2 Å². The van der Waals surface area contributed by atoms with Gasteiger partial charge in [0.25, 0.3) is 5.56 Å². The molecule has 0 spiro atoms. The molecule has 2 aliphatic rings. The van der Waals surface area contributed by atoms with Crippen LogP contribution in [0.2, 0.25) is 0 Å². The number of benzene rings is 2. The van der Waals surface area contributed by atoms with E-state index in [4.69, 9.17) is 18.9 Å². The fourth-order valence-corrected chi connectivity index (χ4v) is 4.74. The molecule has 2 aromatic carbocycles. The van der Waals surface area contributed by atoms with E-state index in [0.717, 1.165) is 0 Å². The standard InChI is InChI=1S/C25H26N2O7.C2H6/c1-26(7-8-28)5-4-6-27-23-15-10-20-21(34-13-33-20)11-16(15)24(29)22(23)14-9-18(31-2)19(32-3)12-17(14)25(27)30;1-2/h9-12,28H,4-8,13H2,1-3H3;1-2H3. The number of nitrogens with zero attached hydrogens (tertiary/aromatic N) is 2. The minimum atomic E-state index is -0.210. The van der Waals surface area contributed by atoms with Gasteiger partial charge in [-0.3, -0.25) is 9.59 Å². The van der Waals surface area contributed by atoms with Gasteiger partial charge >= 0.3 is 0 Å². The number of aromatic nitrogens is 1. The first-order valence-electron chi connectivity index (χ1n) is 12.1.